The molecule has 1 heterocycles. The van der Waals surface area contributed by atoms with Crippen LogP contribution in [0.15, 0.2) is 72.0 Å². The van der Waals surface area contributed by atoms with E-state index in [1.165, 1.54) is 11.8 Å². The molecule has 0 radical (unpaired) electrons. The predicted octanol–water partition coefficient (Wildman–Crippen LogP) is 3.92. The van der Waals surface area contributed by atoms with E-state index in [1.807, 2.05) is 48.5 Å². The van der Waals surface area contributed by atoms with Gasteiger partial charge in [0.15, 0.2) is 5.16 Å². The number of aromatic carboxylic acids is 1. The van der Waals surface area contributed by atoms with Crippen molar-refractivity contribution in [2.75, 3.05) is 0 Å². The Bertz CT molecular complexity index is 785. The minimum atomic E-state index is -0.958. The Morgan fingerprint density at radius 3 is 2.22 bits per heavy atom. The third-order valence-corrected chi connectivity index (χ3v) is 4.49. The number of benzene rings is 2. The molecule has 0 atom stereocenters. The molecular weight excluding hydrogens is 308 g/mol. The molecule has 3 aromatic rings. The van der Waals surface area contributed by atoms with E-state index in [0.717, 1.165) is 16.5 Å². The fourth-order valence-corrected chi connectivity index (χ4v) is 3.22. The number of rotatable bonds is 6. The third kappa shape index (κ3) is 3.81. The molecule has 0 fully saturated rings. The summed E-state index contributed by atoms with van der Waals surface area (Å²) in [6.07, 6.45) is 1.43. The molecule has 1 N–H and O–H groups in total. The van der Waals surface area contributed by atoms with Crippen molar-refractivity contribution in [1.82, 2.24) is 9.55 Å². The lowest BCUT2D eigenvalue weighted by atomic mass is 10.2. The molecular formula is C18H16N2O2S. The molecule has 2 aromatic carbocycles. The summed E-state index contributed by atoms with van der Waals surface area (Å²) in [5, 5.41) is 10.1. The van der Waals surface area contributed by atoms with E-state index in [0.29, 0.717) is 6.54 Å². The Balaban J connectivity index is 1.83. The van der Waals surface area contributed by atoms with E-state index < -0.39 is 5.97 Å². The highest BCUT2D eigenvalue weighted by atomic mass is 32.2. The molecule has 0 aliphatic carbocycles. The Morgan fingerprint density at radius 1 is 1.00 bits per heavy atom. The number of hydrogen-bond donors (Lipinski definition) is 1. The van der Waals surface area contributed by atoms with Crippen molar-refractivity contribution in [3.63, 3.8) is 0 Å². The van der Waals surface area contributed by atoms with Crippen molar-refractivity contribution in [3.05, 3.63) is 83.7 Å². The molecule has 1 aromatic heterocycles. The molecule has 3 rings (SSSR count). The van der Waals surface area contributed by atoms with Crippen molar-refractivity contribution in [1.29, 1.82) is 0 Å². The number of thioether (sulfide) groups is 1. The van der Waals surface area contributed by atoms with Gasteiger partial charge in [-0.15, -0.1) is 0 Å². The van der Waals surface area contributed by atoms with E-state index in [9.17, 15) is 9.90 Å². The van der Waals surface area contributed by atoms with Crippen LogP contribution in [0.2, 0.25) is 0 Å². The molecule has 0 spiro atoms. The van der Waals surface area contributed by atoms with Gasteiger partial charge < -0.3 is 9.67 Å². The van der Waals surface area contributed by atoms with Gasteiger partial charge in [0.05, 0.1) is 12.7 Å². The zero-order chi connectivity index (χ0) is 16.1. The van der Waals surface area contributed by atoms with Crippen LogP contribution in [-0.4, -0.2) is 20.6 Å². The van der Waals surface area contributed by atoms with Gasteiger partial charge >= 0.3 is 5.97 Å². The molecule has 0 unspecified atom stereocenters. The second-order valence-electron chi connectivity index (χ2n) is 5.08. The third-order valence-electron chi connectivity index (χ3n) is 3.43. The van der Waals surface area contributed by atoms with E-state index in [4.69, 9.17) is 0 Å². The normalized spacial score (nSPS) is 10.6. The molecule has 0 bridgehead atoms. The largest absolute Gasteiger partial charge is 0.477 e. The fraction of sp³-hybridized carbons (Fsp3) is 0.111. The number of nitrogens with zero attached hydrogens (tertiary/aromatic N) is 2. The van der Waals surface area contributed by atoms with Gasteiger partial charge in [-0.05, 0) is 11.1 Å². The van der Waals surface area contributed by atoms with Gasteiger partial charge in [0, 0.05) is 5.75 Å². The first-order valence-electron chi connectivity index (χ1n) is 7.23. The first-order chi connectivity index (χ1) is 11.2. The maximum atomic E-state index is 11.4. The average Bonchev–Trinajstić information content (AvgIpc) is 2.98. The molecule has 23 heavy (non-hydrogen) atoms. The van der Waals surface area contributed by atoms with Crippen LogP contribution in [-0.2, 0) is 12.3 Å². The highest BCUT2D eigenvalue weighted by Crippen LogP contribution is 2.24. The number of carbonyl (C=O) groups is 1. The summed E-state index contributed by atoms with van der Waals surface area (Å²) in [4.78, 5) is 15.7. The van der Waals surface area contributed by atoms with E-state index in [-0.39, 0.29) is 5.69 Å². The van der Waals surface area contributed by atoms with Crippen LogP contribution in [0.4, 0.5) is 0 Å². The van der Waals surface area contributed by atoms with Crippen molar-refractivity contribution in [3.8, 4) is 0 Å². The Labute approximate surface area is 138 Å². The lowest BCUT2D eigenvalue weighted by Gasteiger charge is -2.10. The van der Waals surface area contributed by atoms with Gasteiger partial charge in [-0.3, -0.25) is 0 Å². The molecule has 0 saturated carbocycles. The van der Waals surface area contributed by atoms with Crippen molar-refractivity contribution < 1.29 is 9.90 Å². The number of aromatic nitrogens is 2. The fourth-order valence-electron chi connectivity index (χ4n) is 2.29. The van der Waals surface area contributed by atoms with Gasteiger partial charge in [0.2, 0.25) is 0 Å². The van der Waals surface area contributed by atoms with Crippen LogP contribution in [0.3, 0.4) is 0 Å². The van der Waals surface area contributed by atoms with Crippen LogP contribution in [0.25, 0.3) is 0 Å². The lowest BCUT2D eigenvalue weighted by Crippen LogP contribution is -2.10. The van der Waals surface area contributed by atoms with Crippen molar-refractivity contribution in [2.45, 2.75) is 17.5 Å². The summed E-state index contributed by atoms with van der Waals surface area (Å²) < 4.78 is 1.76. The number of hydrogen-bond acceptors (Lipinski definition) is 3. The summed E-state index contributed by atoms with van der Waals surface area (Å²) in [5.74, 6) is -0.203. The van der Waals surface area contributed by atoms with Crippen molar-refractivity contribution >= 4 is 17.7 Å². The lowest BCUT2D eigenvalue weighted by molar-refractivity contribution is 0.0684. The molecule has 5 heteroatoms. The van der Waals surface area contributed by atoms with Crippen molar-refractivity contribution in [2.24, 2.45) is 0 Å². The summed E-state index contributed by atoms with van der Waals surface area (Å²) in [6, 6.07) is 19.9. The zero-order valence-electron chi connectivity index (χ0n) is 12.4. The van der Waals surface area contributed by atoms with Crippen LogP contribution in [0.5, 0.6) is 0 Å². The van der Waals surface area contributed by atoms with Gasteiger partial charge in [0.1, 0.15) is 5.69 Å². The van der Waals surface area contributed by atoms with Crippen LogP contribution in [0, 0.1) is 0 Å². The summed E-state index contributed by atoms with van der Waals surface area (Å²) >= 11 is 1.55. The average molecular weight is 324 g/mol. The van der Waals surface area contributed by atoms with Gasteiger partial charge in [-0.25, -0.2) is 9.78 Å². The molecule has 0 saturated heterocycles. The Hall–Kier alpha value is -2.53. The van der Waals surface area contributed by atoms with E-state index in [2.05, 4.69) is 17.1 Å². The van der Waals surface area contributed by atoms with Crippen LogP contribution < -0.4 is 0 Å². The number of carboxylic acids is 1. The quantitative estimate of drug-likeness (QED) is 0.698. The Kier molecular flexibility index (Phi) is 4.78. The zero-order valence-corrected chi connectivity index (χ0v) is 13.2. The molecule has 0 amide bonds. The monoisotopic (exact) mass is 324 g/mol. The molecule has 0 aliphatic rings. The standard InChI is InChI=1S/C18H16N2O2S/c21-17(22)16-11-19-18(23-13-15-9-5-2-6-10-15)20(16)12-14-7-3-1-4-8-14/h1-11H,12-13H2,(H,21,22). The minimum Gasteiger partial charge on any atom is -0.477 e. The number of carboxylic acid groups (broad SMARTS) is 1. The maximum absolute atomic E-state index is 11.4. The second-order valence-corrected chi connectivity index (χ2v) is 6.02. The molecule has 0 aliphatic heterocycles. The first-order valence-corrected chi connectivity index (χ1v) is 8.22. The highest BCUT2D eigenvalue weighted by Gasteiger charge is 2.16. The molecule has 116 valence electrons. The summed E-state index contributed by atoms with van der Waals surface area (Å²) in [7, 11) is 0. The minimum absolute atomic E-state index is 0.212. The van der Waals surface area contributed by atoms with E-state index >= 15 is 0 Å². The first kappa shape index (κ1) is 15.4. The smallest absolute Gasteiger partial charge is 0.354 e. The Morgan fingerprint density at radius 2 is 1.61 bits per heavy atom. The SMILES string of the molecule is O=C(O)c1cnc(SCc2ccccc2)n1Cc1ccccc1. The summed E-state index contributed by atoms with van der Waals surface area (Å²) in [5.41, 5.74) is 2.45. The highest BCUT2D eigenvalue weighted by molar-refractivity contribution is 7.98. The van der Waals surface area contributed by atoms with E-state index in [1.54, 1.807) is 16.3 Å². The summed E-state index contributed by atoms with van der Waals surface area (Å²) in [6.45, 7) is 0.500. The van der Waals surface area contributed by atoms with Gasteiger partial charge in [-0.1, -0.05) is 72.4 Å². The maximum Gasteiger partial charge on any atom is 0.354 e. The molecule has 4 nitrogen and oxygen atoms in total. The predicted molar refractivity (Wildman–Crippen MR) is 90.7 cm³/mol. The number of imidazole rings is 1. The topological polar surface area (TPSA) is 55.1 Å². The van der Waals surface area contributed by atoms with Crippen LogP contribution in [0.1, 0.15) is 21.6 Å². The second kappa shape index (κ2) is 7.15. The van der Waals surface area contributed by atoms with Crippen LogP contribution >= 0.6 is 11.8 Å². The van der Waals surface area contributed by atoms with Gasteiger partial charge in [-0.2, -0.15) is 0 Å². The van der Waals surface area contributed by atoms with Gasteiger partial charge in [0.25, 0.3) is 0 Å².